The van der Waals surface area contributed by atoms with Crippen LogP contribution in [0.4, 0.5) is 17.3 Å². The lowest BCUT2D eigenvalue weighted by Gasteiger charge is -2.12. The van der Waals surface area contributed by atoms with Crippen molar-refractivity contribution >= 4 is 23.3 Å². The Morgan fingerprint density at radius 3 is 2.65 bits per heavy atom. The number of nitrogens with zero attached hydrogens (tertiary/aromatic N) is 2. The second kappa shape index (κ2) is 8.12. The third-order valence-corrected chi connectivity index (χ3v) is 3.08. The van der Waals surface area contributed by atoms with Crippen LogP contribution in [-0.2, 0) is 4.74 Å². The Labute approximate surface area is 136 Å². The van der Waals surface area contributed by atoms with Crippen molar-refractivity contribution in [2.75, 3.05) is 23.8 Å². The van der Waals surface area contributed by atoms with Crippen molar-refractivity contribution < 1.29 is 9.53 Å². The topological polar surface area (TPSA) is 76.1 Å². The van der Waals surface area contributed by atoms with E-state index in [0.29, 0.717) is 29.5 Å². The molecular formula is C17H22N4O2. The molecule has 0 spiro atoms. The van der Waals surface area contributed by atoms with Crippen molar-refractivity contribution in [1.29, 1.82) is 0 Å². The van der Waals surface area contributed by atoms with E-state index in [1.807, 2.05) is 25.1 Å². The molecule has 0 atom stereocenters. The molecule has 0 amide bonds. The first-order chi connectivity index (χ1) is 11.1. The number of esters is 1. The standard InChI is InChI=1S/C17H22N4O2/c1-4-10-18-15-11-16(20-12(3)19-15)21-14-9-7-6-8-13(14)17(22)23-5-2/h6-9,11H,4-5,10H2,1-3H3,(H2,18,19,20,21). The average molecular weight is 314 g/mol. The summed E-state index contributed by atoms with van der Waals surface area (Å²) in [6.07, 6.45) is 1.01. The number of ether oxygens (including phenoxy) is 1. The zero-order valence-electron chi connectivity index (χ0n) is 13.7. The summed E-state index contributed by atoms with van der Waals surface area (Å²) in [6, 6.07) is 9.03. The van der Waals surface area contributed by atoms with E-state index in [0.717, 1.165) is 18.8 Å². The minimum absolute atomic E-state index is 0.338. The SMILES string of the molecule is CCCNc1cc(Nc2ccccc2C(=O)OCC)nc(C)n1. The number of carbonyl (C=O) groups excluding carboxylic acids is 1. The molecule has 6 heteroatoms. The van der Waals surface area contributed by atoms with Crippen molar-refractivity contribution in [3.63, 3.8) is 0 Å². The van der Waals surface area contributed by atoms with Crippen LogP contribution in [0.15, 0.2) is 30.3 Å². The number of benzene rings is 1. The molecule has 23 heavy (non-hydrogen) atoms. The van der Waals surface area contributed by atoms with E-state index in [-0.39, 0.29) is 5.97 Å². The highest BCUT2D eigenvalue weighted by Gasteiger charge is 2.12. The Hall–Kier alpha value is -2.63. The highest BCUT2D eigenvalue weighted by molar-refractivity contribution is 5.96. The van der Waals surface area contributed by atoms with Crippen molar-refractivity contribution in [3.8, 4) is 0 Å². The fraction of sp³-hybridized carbons (Fsp3) is 0.353. The van der Waals surface area contributed by atoms with Gasteiger partial charge >= 0.3 is 5.97 Å². The molecule has 1 heterocycles. The average Bonchev–Trinajstić information content (AvgIpc) is 2.53. The molecule has 0 bridgehead atoms. The Bertz CT molecular complexity index is 673. The van der Waals surface area contributed by atoms with Gasteiger partial charge in [0.1, 0.15) is 17.5 Å². The molecule has 1 aromatic heterocycles. The van der Waals surface area contributed by atoms with Crippen LogP contribution in [0.25, 0.3) is 0 Å². The van der Waals surface area contributed by atoms with Crippen LogP contribution < -0.4 is 10.6 Å². The molecule has 6 nitrogen and oxygen atoms in total. The molecule has 0 unspecified atom stereocenters. The molecule has 0 saturated heterocycles. The van der Waals surface area contributed by atoms with Crippen molar-refractivity contribution in [1.82, 2.24) is 9.97 Å². The van der Waals surface area contributed by atoms with Gasteiger partial charge in [0.15, 0.2) is 0 Å². The normalized spacial score (nSPS) is 10.2. The van der Waals surface area contributed by atoms with Crippen LogP contribution in [0.5, 0.6) is 0 Å². The first-order valence-corrected chi connectivity index (χ1v) is 7.76. The monoisotopic (exact) mass is 314 g/mol. The van der Waals surface area contributed by atoms with Crippen LogP contribution in [0.3, 0.4) is 0 Å². The number of hydrogen-bond donors (Lipinski definition) is 2. The maximum absolute atomic E-state index is 12.0. The van der Waals surface area contributed by atoms with Gasteiger partial charge in [0, 0.05) is 12.6 Å². The predicted octanol–water partition coefficient (Wildman–Crippen LogP) is 3.53. The number of rotatable bonds is 7. The van der Waals surface area contributed by atoms with E-state index < -0.39 is 0 Å². The summed E-state index contributed by atoms with van der Waals surface area (Å²) in [5.74, 6) is 1.69. The lowest BCUT2D eigenvalue weighted by Crippen LogP contribution is -2.09. The largest absolute Gasteiger partial charge is 0.462 e. The molecule has 0 aliphatic heterocycles. The number of nitrogens with one attached hydrogen (secondary N) is 2. The summed E-state index contributed by atoms with van der Waals surface area (Å²) in [6.45, 7) is 6.89. The van der Waals surface area contributed by atoms with Gasteiger partial charge < -0.3 is 15.4 Å². The summed E-state index contributed by atoms with van der Waals surface area (Å²) in [4.78, 5) is 20.7. The number of aromatic nitrogens is 2. The van der Waals surface area contributed by atoms with Gasteiger partial charge in [0.25, 0.3) is 0 Å². The van der Waals surface area contributed by atoms with Crippen LogP contribution in [0, 0.1) is 6.92 Å². The molecule has 0 radical (unpaired) electrons. The smallest absolute Gasteiger partial charge is 0.340 e. The summed E-state index contributed by atoms with van der Waals surface area (Å²) < 4.78 is 5.08. The summed E-state index contributed by atoms with van der Waals surface area (Å²) in [5.41, 5.74) is 1.14. The summed E-state index contributed by atoms with van der Waals surface area (Å²) in [7, 11) is 0. The Balaban J connectivity index is 2.25. The fourth-order valence-corrected chi connectivity index (χ4v) is 2.09. The minimum atomic E-state index is -0.356. The number of hydrogen-bond acceptors (Lipinski definition) is 6. The summed E-state index contributed by atoms with van der Waals surface area (Å²) in [5, 5.41) is 6.41. The Morgan fingerprint density at radius 2 is 1.91 bits per heavy atom. The molecule has 2 rings (SSSR count). The lowest BCUT2D eigenvalue weighted by molar-refractivity contribution is 0.0527. The summed E-state index contributed by atoms with van der Waals surface area (Å²) >= 11 is 0. The molecule has 0 aliphatic carbocycles. The van der Waals surface area contributed by atoms with E-state index in [4.69, 9.17) is 4.74 Å². The van der Waals surface area contributed by atoms with Gasteiger partial charge in [-0.25, -0.2) is 14.8 Å². The van der Waals surface area contributed by atoms with Gasteiger partial charge in [-0.05, 0) is 32.4 Å². The predicted molar refractivity (Wildman–Crippen MR) is 91.2 cm³/mol. The maximum Gasteiger partial charge on any atom is 0.340 e. The third kappa shape index (κ3) is 4.67. The second-order valence-electron chi connectivity index (χ2n) is 5.00. The number of carbonyl (C=O) groups is 1. The lowest BCUT2D eigenvalue weighted by atomic mass is 10.2. The van der Waals surface area contributed by atoms with Crippen LogP contribution >= 0.6 is 0 Å². The van der Waals surface area contributed by atoms with Gasteiger partial charge in [0.2, 0.25) is 0 Å². The fourth-order valence-electron chi connectivity index (χ4n) is 2.09. The molecule has 0 aliphatic rings. The van der Waals surface area contributed by atoms with Gasteiger partial charge in [0.05, 0.1) is 17.9 Å². The quantitative estimate of drug-likeness (QED) is 0.761. The Morgan fingerprint density at radius 1 is 1.17 bits per heavy atom. The first-order valence-electron chi connectivity index (χ1n) is 7.76. The third-order valence-electron chi connectivity index (χ3n) is 3.08. The van der Waals surface area contributed by atoms with Gasteiger partial charge in [-0.3, -0.25) is 0 Å². The number of anilines is 3. The molecule has 0 fully saturated rings. The van der Waals surface area contributed by atoms with Crippen LogP contribution in [0.2, 0.25) is 0 Å². The van der Waals surface area contributed by atoms with Crippen molar-refractivity contribution in [2.24, 2.45) is 0 Å². The van der Waals surface area contributed by atoms with E-state index in [2.05, 4.69) is 27.5 Å². The van der Waals surface area contributed by atoms with E-state index >= 15 is 0 Å². The molecular weight excluding hydrogens is 292 g/mol. The highest BCUT2D eigenvalue weighted by Crippen LogP contribution is 2.22. The van der Waals surface area contributed by atoms with Gasteiger partial charge in [-0.15, -0.1) is 0 Å². The first kappa shape index (κ1) is 16.7. The van der Waals surface area contributed by atoms with Crippen molar-refractivity contribution in [3.05, 3.63) is 41.7 Å². The Kier molecular flexibility index (Phi) is 5.91. The highest BCUT2D eigenvalue weighted by atomic mass is 16.5. The van der Waals surface area contributed by atoms with E-state index in [1.165, 1.54) is 0 Å². The zero-order chi connectivity index (χ0) is 16.7. The van der Waals surface area contributed by atoms with E-state index in [1.54, 1.807) is 19.1 Å². The number of para-hydroxylation sites is 1. The minimum Gasteiger partial charge on any atom is -0.462 e. The molecule has 2 N–H and O–H groups in total. The molecule has 1 aromatic carbocycles. The van der Waals surface area contributed by atoms with Gasteiger partial charge in [-0.1, -0.05) is 19.1 Å². The molecule has 0 saturated carbocycles. The van der Waals surface area contributed by atoms with Crippen LogP contribution in [0.1, 0.15) is 36.5 Å². The van der Waals surface area contributed by atoms with Gasteiger partial charge in [-0.2, -0.15) is 0 Å². The maximum atomic E-state index is 12.0. The number of aryl methyl sites for hydroxylation is 1. The second-order valence-corrected chi connectivity index (χ2v) is 5.00. The zero-order valence-corrected chi connectivity index (χ0v) is 13.7. The molecule has 2 aromatic rings. The molecule has 122 valence electrons. The van der Waals surface area contributed by atoms with Crippen LogP contribution in [-0.4, -0.2) is 29.1 Å². The van der Waals surface area contributed by atoms with E-state index in [9.17, 15) is 4.79 Å². The van der Waals surface area contributed by atoms with Crippen molar-refractivity contribution in [2.45, 2.75) is 27.2 Å².